The fourth-order valence-corrected chi connectivity index (χ4v) is 1.17. The van der Waals surface area contributed by atoms with Crippen molar-refractivity contribution in [3.8, 4) is 0 Å². The van der Waals surface area contributed by atoms with E-state index in [9.17, 15) is 14.9 Å². The van der Waals surface area contributed by atoms with Crippen LogP contribution in [0.1, 0.15) is 5.69 Å². The van der Waals surface area contributed by atoms with E-state index in [1.165, 1.54) is 18.2 Å². The van der Waals surface area contributed by atoms with Crippen LogP contribution in [0, 0.1) is 10.1 Å². The zero-order valence-corrected chi connectivity index (χ0v) is 8.84. The Kier molecular flexibility index (Phi) is 3.51. The topological polar surface area (TPSA) is 93.3 Å². The number of aliphatic carboxylic acids is 1. The molecule has 0 saturated carbocycles. The van der Waals surface area contributed by atoms with Crippen LogP contribution in [0.15, 0.2) is 22.7 Å². The molecular formula is C8H5BrN2O4. The third-order valence-corrected chi connectivity index (χ3v) is 2.10. The zero-order chi connectivity index (χ0) is 11.4. The Balaban J connectivity index is 3.11. The normalized spacial score (nSPS) is 10.5. The van der Waals surface area contributed by atoms with Gasteiger partial charge in [-0.25, -0.2) is 4.79 Å². The Hall–Kier alpha value is -1.76. The highest BCUT2D eigenvalue weighted by molar-refractivity contribution is 9.10. The highest BCUT2D eigenvalue weighted by atomic mass is 79.9. The van der Waals surface area contributed by atoms with Crippen LogP contribution in [0.25, 0.3) is 6.08 Å². The van der Waals surface area contributed by atoms with Crippen LogP contribution < -0.4 is 0 Å². The molecule has 0 aliphatic rings. The van der Waals surface area contributed by atoms with Crippen LogP contribution in [0.3, 0.4) is 0 Å². The van der Waals surface area contributed by atoms with Crippen molar-refractivity contribution in [3.63, 3.8) is 0 Å². The number of halogens is 1. The summed E-state index contributed by atoms with van der Waals surface area (Å²) in [5, 5.41) is 18.8. The van der Waals surface area contributed by atoms with Gasteiger partial charge in [-0.15, -0.1) is 0 Å². The maximum Gasteiger partial charge on any atom is 0.364 e. The zero-order valence-electron chi connectivity index (χ0n) is 7.25. The van der Waals surface area contributed by atoms with Gasteiger partial charge in [0.05, 0.1) is 4.47 Å². The summed E-state index contributed by atoms with van der Waals surface area (Å²) >= 11 is 3.10. The summed E-state index contributed by atoms with van der Waals surface area (Å²) in [4.78, 5) is 23.6. The SMILES string of the molecule is O=C(O)/C=C/c1nc([N+](=O)[O-])ccc1Br. The van der Waals surface area contributed by atoms with Crippen molar-refractivity contribution >= 4 is 33.8 Å². The molecule has 1 heterocycles. The van der Waals surface area contributed by atoms with E-state index >= 15 is 0 Å². The molecule has 1 aromatic heterocycles. The van der Waals surface area contributed by atoms with E-state index in [2.05, 4.69) is 20.9 Å². The second-order valence-corrected chi connectivity index (χ2v) is 3.32. The molecule has 1 rings (SSSR count). The van der Waals surface area contributed by atoms with E-state index < -0.39 is 10.9 Å². The van der Waals surface area contributed by atoms with E-state index in [0.717, 1.165) is 6.08 Å². The first-order valence-corrected chi connectivity index (χ1v) is 4.52. The smallest absolute Gasteiger partial charge is 0.364 e. The summed E-state index contributed by atoms with van der Waals surface area (Å²) in [5.74, 6) is -1.47. The minimum absolute atomic E-state index is 0.201. The lowest BCUT2D eigenvalue weighted by Crippen LogP contribution is -1.94. The summed E-state index contributed by atoms with van der Waals surface area (Å²) in [5.41, 5.74) is 0.201. The van der Waals surface area contributed by atoms with E-state index in [4.69, 9.17) is 5.11 Å². The van der Waals surface area contributed by atoms with Gasteiger partial charge in [0, 0.05) is 12.1 Å². The molecule has 0 radical (unpaired) electrons. The first-order chi connectivity index (χ1) is 7.00. The Morgan fingerprint density at radius 3 is 2.80 bits per heavy atom. The number of pyridine rings is 1. The Morgan fingerprint density at radius 2 is 2.27 bits per heavy atom. The number of nitrogens with zero attached hydrogens (tertiary/aromatic N) is 2. The highest BCUT2D eigenvalue weighted by Gasteiger charge is 2.11. The average Bonchev–Trinajstić information content (AvgIpc) is 2.16. The molecule has 0 atom stereocenters. The lowest BCUT2D eigenvalue weighted by atomic mass is 10.3. The maximum atomic E-state index is 10.4. The summed E-state index contributed by atoms with van der Waals surface area (Å²) in [6, 6.07) is 2.66. The van der Waals surface area contributed by atoms with Gasteiger partial charge in [-0.3, -0.25) is 0 Å². The van der Waals surface area contributed by atoms with E-state index in [1.54, 1.807) is 0 Å². The molecule has 0 fully saturated rings. The molecule has 6 nitrogen and oxygen atoms in total. The molecule has 15 heavy (non-hydrogen) atoms. The van der Waals surface area contributed by atoms with Crippen LogP contribution in [-0.2, 0) is 4.79 Å². The molecular weight excluding hydrogens is 268 g/mol. The van der Waals surface area contributed by atoms with Gasteiger partial charge in [-0.1, -0.05) is 0 Å². The minimum Gasteiger partial charge on any atom is -0.478 e. The predicted octanol–water partition coefficient (Wildman–Crippen LogP) is 1.85. The number of rotatable bonds is 3. The number of nitro groups is 1. The van der Waals surface area contributed by atoms with Crippen LogP contribution in [0.4, 0.5) is 5.82 Å². The van der Waals surface area contributed by atoms with Crippen LogP contribution in [0.5, 0.6) is 0 Å². The number of hydrogen-bond donors (Lipinski definition) is 1. The van der Waals surface area contributed by atoms with Crippen molar-refractivity contribution in [2.24, 2.45) is 0 Å². The second-order valence-electron chi connectivity index (χ2n) is 2.47. The maximum absolute atomic E-state index is 10.4. The third-order valence-electron chi connectivity index (χ3n) is 1.43. The molecule has 0 aliphatic carbocycles. The van der Waals surface area contributed by atoms with Crippen molar-refractivity contribution in [2.75, 3.05) is 0 Å². The van der Waals surface area contributed by atoms with Gasteiger partial charge in [0.15, 0.2) is 5.69 Å². The monoisotopic (exact) mass is 272 g/mol. The standard InChI is InChI=1S/C8H5BrN2O4/c9-5-1-3-7(11(14)15)10-6(5)2-4-8(12)13/h1-4H,(H,12,13)/b4-2+. The van der Waals surface area contributed by atoms with Gasteiger partial charge < -0.3 is 15.2 Å². The number of carboxylic acid groups (broad SMARTS) is 1. The van der Waals surface area contributed by atoms with Gasteiger partial charge in [0.1, 0.15) is 0 Å². The first kappa shape index (κ1) is 11.3. The molecule has 0 aliphatic heterocycles. The molecule has 0 amide bonds. The number of aromatic nitrogens is 1. The highest BCUT2D eigenvalue weighted by Crippen LogP contribution is 2.19. The van der Waals surface area contributed by atoms with Crippen LogP contribution in [-0.4, -0.2) is 21.0 Å². The van der Waals surface area contributed by atoms with Crippen molar-refractivity contribution in [1.29, 1.82) is 0 Å². The average molecular weight is 273 g/mol. The Bertz CT molecular complexity index is 444. The molecule has 78 valence electrons. The van der Waals surface area contributed by atoms with E-state index in [1.807, 2.05) is 0 Å². The molecule has 1 N–H and O–H groups in total. The summed E-state index contributed by atoms with van der Waals surface area (Å²) < 4.78 is 0.491. The summed E-state index contributed by atoms with van der Waals surface area (Å²) in [7, 11) is 0. The van der Waals surface area contributed by atoms with Gasteiger partial charge in [-0.05, 0) is 38.0 Å². The summed E-state index contributed by atoms with van der Waals surface area (Å²) in [6.07, 6.45) is 2.04. The largest absolute Gasteiger partial charge is 0.478 e. The van der Waals surface area contributed by atoms with Crippen molar-refractivity contribution in [1.82, 2.24) is 4.98 Å². The second kappa shape index (κ2) is 4.65. The van der Waals surface area contributed by atoms with Gasteiger partial charge in [0.2, 0.25) is 0 Å². The molecule has 1 aromatic rings. The van der Waals surface area contributed by atoms with Gasteiger partial charge in [-0.2, -0.15) is 0 Å². The Morgan fingerprint density at radius 1 is 1.60 bits per heavy atom. The fourth-order valence-electron chi connectivity index (χ4n) is 0.816. The molecule has 0 bridgehead atoms. The van der Waals surface area contributed by atoms with Crippen molar-refractivity contribution < 1.29 is 14.8 Å². The molecule has 0 spiro atoms. The molecule has 0 saturated heterocycles. The first-order valence-electron chi connectivity index (χ1n) is 3.72. The minimum atomic E-state index is -1.14. The van der Waals surface area contributed by atoms with Crippen molar-refractivity contribution in [2.45, 2.75) is 0 Å². The quantitative estimate of drug-likeness (QED) is 0.515. The van der Waals surface area contributed by atoms with Gasteiger partial charge >= 0.3 is 11.8 Å². The number of carboxylic acids is 1. The van der Waals surface area contributed by atoms with E-state index in [0.29, 0.717) is 4.47 Å². The fraction of sp³-hybridized carbons (Fsp3) is 0. The predicted molar refractivity (Wildman–Crippen MR) is 55.3 cm³/mol. The Labute approximate surface area is 92.5 Å². The molecule has 0 unspecified atom stereocenters. The molecule has 0 aromatic carbocycles. The van der Waals surface area contributed by atoms with Crippen LogP contribution >= 0.6 is 15.9 Å². The third kappa shape index (κ3) is 3.13. The lowest BCUT2D eigenvalue weighted by molar-refractivity contribution is -0.389. The summed E-state index contributed by atoms with van der Waals surface area (Å²) in [6.45, 7) is 0. The van der Waals surface area contributed by atoms with Crippen LogP contribution in [0.2, 0.25) is 0 Å². The van der Waals surface area contributed by atoms with Gasteiger partial charge in [0.25, 0.3) is 0 Å². The number of carbonyl (C=O) groups is 1. The van der Waals surface area contributed by atoms with Crippen molar-refractivity contribution in [3.05, 3.63) is 38.5 Å². The van der Waals surface area contributed by atoms with E-state index in [-0.39, 0.29) is 11.5 Å². The lowest BCUT2D eigenvalue weighted by Gasteiger charge is -1.94. The molecule has 7 heteroatoms. The number of hydrogen-bond acceptors (Lipinski definition) is 4.